The van der Waals surface area contributed by atoms with Gasteiger partial charge in [-0.1, -0.05) is 20.8 Å². The SMILES string of the molecule is CC(C)(C)COS(=O)(=O)c1ccc(C(=O)c2cc(I)ccc2I)cc1. The largest absolute Gasteiger partial charge is 0.296 e. The summed E-state index contributed by atoms with van der Waals surface area (Å²) in [5.41, 5.74) is 0.784. The summed E-state index contributed by atoms with van der Waals surface area (Å²) >= 11 is 4.27. The molecular weight excluding hydrogens is 566 g/mol. The smallest absolute Gasteiger partial charge is 0.289 e. The number of hydrogen-bond donors (Lipinski definition) is 0. The first-order chi connectivity index (χ1) is 11.5. The molecule has 0 aliphatic heterocycles. The molecule has 0 amide bonds. The van der Waals surface area contributed by atoms with E-state index in [1.54, 1.807) is 0 Å². The van der Waals surface area contributed by atoms with Crippen LogP contribution in [0.15, 0.2) is 47.4 Å². The lowest BCUT2D eigenvalue weighted by Crippen LogP contribution is -2.18. The normalized spacial score (nSPS) is 12.2. The molecule has 7 heteroatoms. The maximum absolute atomic E-state index is 12.6. The van der Waals surface area contributed by atoms with Gasteiger partial charge < -0.3 is 0 Å². The van der Waals surface area contributed by atoms with E-state index in [0.717, 1.165) is 7.14 Å². The van der Waals surface area contributed by atoms with Crippen LogP contribution in [-0.2, 0) is 14.3 Å². The Kier molecular flexibility index (Phi) is 6.66. The molecule has 2 rings (SSSR count). The average molecular weight is 584 g/mol. The third kappa shape index (κ3) is 5.73. The summed E-state index contributed by atoms with van der Waals surface area (Å²) in [5.74, 6) is -0.137. The molecule has 0 saturated heterocycles. The maximum atomic E-state index is 12.6. The number of benzene rings is 2. The molecule has 0 fully saturated rings. The van der Waals surface area contributed by atoms with Crippen molar-refractivity contribution < 1.29 is 17.4 Å². The summed E-state index contributed by atoms with van der Waals surface area (Å²) in [6, 6.07) is 11.5. The maximum Gasteiger partial charge on any atom is 0.296 e. The first kappa shape index (κ1) is 20.8. The lowest BCUT2D eigenvalue weighted by molar-refractivity contribution is 0.103. The van der Waals surface area contributed by atoms with Crippen LogP contribution < -0.4 is 0 Å². The summed E-state index contributed by atoms with van der Waals surface area (Å²) < 4.78 is 31.3. The molecule has 0 saturated carbocycles. The Morgan fingerprint density at radius 3 is 2.20 bits per heavy atom. The van der Waals surface area contributed by atoms with Gasteiger partial charge in [0.15, 0.2) is 5.78 Å². The first-order valence-corrected chi connectivity index (χ1v) is 11.1. The molecule has 0 aromatic heterocycles. The summed E-state index contributed by atoms with van der Waals surface area (Å²) in [6.07, 6.45) is 0. The van der Waals surface area contributed by atoms with E-state index in [9.17, 15) is 13.2 Å². The highest BCUT2D eigenvalue weighted by Crippen LogP contribution is 2.22. The lowest BCUT2D eigenvalue weighted by atomic mass is 9.99. The van der Waals surface area contributed by atoms with Crippen molar-refractivity contribution in [1.82, 2.24) is 0 Å². The van der Waals surface area contributed by atoms with E-state index in [1.807, 2.05) is 39.0 Å². The minimum Gasteiger partial charge on any atom is -0.289 e. The van der Waals surface area contributed by atoms with E-state index >= 15 is 0 Å². The predicted octanol–water partition coefficient (Wildman–Crippen LogP) is 4.88. The first-order valence-electron chi connectivity index (χ1n) is 7.49. The Morgan fingerprint density at radius 1 is 1.04 bits per heavy atom. The van der Waals surface area contributed by atoms with E-state index in [-0.39, 0.29) is 22.7 Å². The van der Waals surface area contributed by atoms with E-state index in [4.69, 9.17) is 4.18 Å². The second kappa shape index (κ2) is 8.01. The Labute approximate surface area is 175 Å². The van der Waals surface area contributed by atoms with E-state index < -0.39 is 10.1 Å². The fraction of sp³-hybridized carbons (Fsp3) is 0.278. The number of ketones is 1. The summed E-state index contributed by atoms with van der Waals surface area (Å²) in [4.78, 5) is 12.7. The average Bonchev–Trinajstić information content (AvgIpc) is 2.54. The molecule has 0 bridgehead atoms. The zero-order valence-electron chi connectivity index (χ0n) is 14.0. The van der Waals surface area contributed by atoms with Crippen molar-refractivity contribution in [2.24, 2.45) is 5.41 Å². The third-order valence-corrected chi connectivity index (χ3v) is 6.11. The van der Waals surface area contributed by atoms with Crippen LogP contribution in [0.25, 0.3) is 0 Å². The Hall–Kier alpha value is -0.520. The van der Waals surface area contributed by atoms with Crippen LogP contribution >= 0.6 is 45.2 Å². The Morgan fingerprint density at radius 2 is 1.64 bits per heavy atom. The van der Waals surface area contributed by atoms with Gasteiger partial charge in [-0.2, -0.15) is 8.42 Å². The highest BCUT2D eigenvalue weighted by molar-refractivity contribution is 14.1. The molecule has 0 radical (unpaired) electrons. The van der Waals surface area contributed by atoms with E-state index in [1.165, 1.54) is 24.3 Å². The van der Waals surface area contributed by atoms with Crippen LogP contribution in [0.4, 0.5) is 0 Å². The van der Waals surface area contributed by atoms with Gasteiger partial charge in [0.25, 0.3) is 10.1 Å². The summed E-state index contributed by atoms with van der Waals surface area (Å²) in [6.45, 7) is 5.78. The van der Waals surface area contributed by atoms with Crippen LogP contribution in [0.1, 0.15) is 36.7 Å². The zero-order valence-corrected chi connectivity index (χ0v) is 19.2. The van der Waals surface area contributed by atoms with Gasteiger partial charge in [-0.3, -0.25) is 8.98 Å². The summed E-state index contributed by atoms with van der Waals surface area (Å²) in [5, 5.41) is 0. The molecular formula is C18H18I2O4S. The van der Waals surface area contributed by atoms with Crippen LogP contribution in [0.5, 0.6) is 0 Å². The van der Waals surface area contributed by atoms with Crippen molar-refractivity contribution in [1.29, 1.82) is 0 Å². The molecule has 25 heavy (non-hydrogen) atoms. The predicted molar refractivity (Wildman–Crippen MR) is 114 cm³/mol. The molecule has 0 atom stereocenters. The van der Waals surface area contributed by atoms with Crippen molar-refractivity contribution in [3.8, 4) is 0 Å². The molecule has 0 heterocycles. The van der Waals surface area contributed by atoms with Crippen molar-refractivity contribution in [3.63, 3.8) is 0 Å². The number of hydrogen-bond acceptors (Lipinski definition) is 4. The van der Waals surface area contributed by atoms with Crippen LogP contribution in [0.3, 0.4) is 0 Å². The second-order valence-corrected chi connectivity index (χ2v) is 10.8. The minimum absolute atomic E-state index is 0.0469. The molecule has 0 aliphatic rings. The second-order valence-electron chi connectivity index (χ2n) is 6.75. The monoisotopic (exact) mass is 584 g/mol. The van der Waals surface area contributed by atoms with E-state index in [0.29, 0.717) is 11.1 Å². The van der Waals surface area contributed by atoms with Gasteiger partial charge in [-0.25, -0.2) is 0 Å². The number of carbonyl (C=O) groups is 1. The molecule has 0 spiro atoms. The number of carbonyl (C=O) groups excluding carboxylic acids is 1. The lowest BCUT2D eigenvalue weighted by Gasteiger charge is -2.17. The molecule has 0 unspecified atom stereocenters. The van der Waals surface area contributed by atoms with Crippen LogP contribution in [-0.4, -0.2) is 20.8 Å². The van der Waals surface area contributed by atoms with Crippen LogP contribution in [0.2, 0.25) is 0 Å². The fourth-order valence-corrected chi connectivity index (χ4v) is 4.11. The standard InChI is InChI=1S/C18H18I2O4S/c1-18(2,3)11-24-25(22,23)14-7-4-12(5-8-14)17(21)15-10-13(19)6-9-16(15)20/h4-10H,11H2,1-3H3. The molecule has 2 aromatic rings. The number of rotatable bonds is 5. The van der Waals surface area contributed by atoms with Gasteiger partial charge in [0.1, 0.15) is 0 Å². The third-order valence-electron chi connectivity index (χ3n) is 3.23. The van der Waals surface area contributed by atoms with Crippen molar-refractivity contribution in [2.45, 2.75) is 25.7 Å². The molecule has 134 valence electrons. The van der Waals surface area contributed by atoms with Gasteiger partial charge >= 0.3 is 0 Å². The van der Waals surface area contributed by atoms with Gasteiger partial charge in [-0.05, 0) is 93.1 Å². The van der Waals surface area contributed by atoms with Crippen molar-refractivity contribution in [2.75, 3.05) is 6.61 Å². The highest BCUT2D eigenvalue weighted by atomic mass is 127. The minimum atomic E-state index is -3.83. The van der Waals surface area contributed by atoms with Gasteiger partial charge in [-0.15, -0.1) is 0 Å². The zero-order chi connectivity index (χ0) is 18.8. The topological polar surface area (TPSA) is 60.4 Å². The number of halogens is 2. The summed E-state index contributed by atoms with van der Waals surface area (Å²) in [7, 11) is -3.83. The quantitative estimate of drug-likeness (QED) is 0.286. The van der Waals surface area contributed by atoms with Crippen LogP contribution in [0, 0.1) is 12.6 Å². The van der Waals surface area contributed by atoms with Gasteiger partial charge in [0.05, 0.1) is 11.5 Å². The van der Waals surface area contributed by atoms with Crippen molar-refractivity contribution >= 4 is 61.1 Å². The Bertz CT molecular complexity index is 882. The van der Waals surface area contributed by atoms with Gasteiger partial charge in [0, 0.05) is 18.3 Å². The van der Waals surface area contributed by atoms with E-state index in [2.05, 4.69) is 45.2 Å². The molecule has 0 aliphatic carbocycles. The molecule has 2 aromatic carbocycles. The van der Waals surface area contributed by atoms with Crippen molar-refractivity contribution in [3.05, 3.63) is 60.7 Å². The molecule has 0 N–H and O–H groups in total. The van der Waals surface area contributed by atoms with Gasteiger partial charge in [0.2, 0.25) is 0 Å². The fourth-order valence-electron chi connectivity index (χ4n) is 1.92. The molecule has 4 nitrogen and oxygen atoms in total. The Balaban J connectivity index is 2.25. The highest BCUT2D eigenvalue weighted by Gasteiger charge is 2.21.